The van der Waals surface area contributed by atoms with E-state index in [0.717, 1.165) is 18.1 Å². The molecule has 0 bridgehead atoms. The summed E-state index contributed by atoms with van der Waals surface area (Å²) in [4.78, 5) is 19.9. The minimum Gasteiger partial charge on any atom is -0.435 e. The van der Waals surface area contributed by atoms with Gasteiger partial charge in [0.05, 0.1) is 12.3 Å². The molecule has 1 aromatic rings. The van der Waals surface area contributed by atoms with Crippen LogP contribution in [0, 0.1) is 11.3 Å². The summed E-state index contributed by atoms with van der Waals surface area (Å²) in [5, 5.41) is 7.51. The zero-order valence-electron chi connectivity index (χ0n) is 11.4. The van der Waals surface area contributed by atoms with Gasteiger partial charge in [-0.25, -0.2) is 0 Å². The number of ether oxygens (including phenoxy) is 1. The highest BCUT2D eigenvalue weighted by atomic mass is 16.5. The summed E-state index contributed by atoms with van der Waals surface area (Å²) < 4.78 is 4.17. The Morgan fingerprint density at radius 1 is 1.20 bits per heavy atom. The Morgan fingerprint density at radius 3 is 1.85 bits per heavy atom. The van der Waals surface area contributed by atoms with Gasteiger partial charge in [-0.05, 0) is 5.56 Å². The van der Waals surface area contributed by atoms with E-state index in [1.807, 2.05) is 12.1 Å². The first-order valence-electron chi connectivity index (χ1n) is 5.52. The van der Waals surface area contributed by atoms with Gasteiger partial charge in [-0.3, -0.25) is 9.59 Å². The number of nitrogens with zero attached hydrogens (tertiary/aromatic N) is 1. The van der Waals surface area contributed by atoms with Crippen LogP contribution in [0.1, 0.15) is 22.8 Å². The van der Waals surface area contributed by atoms with E-state index in [1.165, 1.54) is 13.0 Å². The molecule has 0 atom stereocenters. The molecule has 0 aliphatic heterocycles. The Morgan fingerprint density at radius 2 is 1.65 bits per heavy atom. The SMILES string of the molecule is C=CC#N.C=COC(C)=O.C=Cc1ccc(C=O)cc1. The predicted octanol–water partition coefficient (Wildman–Crippen LogP) is 3.53. The van der Waals surface area contributed by atoms with Crippen LogP contribution in [0.3, 0.4) is 0 Å². The van der Waals surface area contributed by atoms with Crippen LogP contribution in [0.15, 0.2) is 56.3 Å². The second-order valence-electron chi connectivity index (χ2n) is 3.10. The van der Waals surface area contributed by atoms with Crippen molar-refractivity contribution >= 4 is 18.3 Å². The van der Waals surface area contributed by atoms with E-state index in [0.29, 0.717) is 5.56 Å². The lowest BCUT2D eigenvalue weighted by Crippen LogP contribution is -1.87. The van der Waals surface area contributed by atoms with Crippen molar-refractivity contribution in [3.05, 3.63) is 67.5 Å². The molecule has 0 radical (unpaired) electrons. The topological polar surface area (TPSA) is 67.2 Å². The molecule has 1 aromatic carbocycles. The number of allylic oxidation sites excluding steroid dienone is 1. The minimum absolute atomic E-state index is 0.329. The van der Waals surface area contributed by atoms with E-state index >= 15 is 0 Å². The van der Waals surface area contributed by atoms with Gasteiger partial charge < -0.3 is 4.74 Å². The van der Waals surface area contributed by atoms with E-state index in [4.69, 9.17) is 5.26 Å². The second kappa shape index (κ2) is 14.1. The molecule has 0 heterocycles. The van der Waals surface area contributed by atoms with E-state index in [9.17, 15) is 9.59 Å². The first-order valence-corrected chi connectivity index (χ1v) is 5.52. The molecule has 4 nitrogen and oxygen atoms in total. The van der Waals surface area contributed by atoms with E-state index < -0.39 is 0 Å². The van der Waals surface area contributed by atoms with Crippen molar-refractivity contribution < 1.29 is 14.3 Å². The Hall–Kier alpha value is -2.93. The summed E-state index contributed by atoms with van der Waals surface area (Å²) in [7, 11) is 0. The standard InChI is InChI=1S/C9H8O.C4H6O2.C3H3N/c1-2-8-3-5-9(7-10)6-4-8;1-3-6-4(2)5;1-2-3-4/h2-7H,1H2;3H,1H2,2H3;2H,1H2. The molecule has 0 saturated heterocycles. The fourth-order valence-electron chi connectivity index (χ4n) is 0.828. The zero-order valence-corrected chi connectivity index (χ0v) is 11.4. The van der Waals surface area contributed by atoms with Crippen molar-refractivity contribution in [1.82, 2.24) is 0 Å². The molecule has 0 N–H and O–H groups in total. The smallest absolute Gasteiger partial charge is 0.307 e. The number of hydrogen-bond acceptors (Lipinski definition) is 4. The van der Waals surface area contributed by atoms with Gasteiger partial charge in [-0.1, -0.05) is 50.1 Å². The van der Waals surface area contributed by atoms with Crippen molar-refractivity contribution in [3.63, 3.8) is 0 Å². The molecule has 4 heteroatoms. The Bertz CT molecular complexity index is 454. The number of rotatable bonds is 3. The maximum Gasteiger partial charge on any atom is 0.307 e. The van der Waals surface area contributed by atoms with Gasteiger partial charge in [-0.2, -0.15) is 5.26 Å². The number of nitriles is 1. The molecule has 1 rings (SSSR count). The summed E-state index contributed by atoms with van der Waals surface area (Å²) in [5.74, 6) is -0.329. The molecule has 0 unspecified atom stereocenters. The average molecular weight is 271 g/mol. The summed E-state index contributed by atoms with van der Waals surface area (Å²) in [5.41, 5.74) is 1.73. The van der Waals surface area contributed by atoms with Crippen molar-refractivity contribution in [1.29, 1.82) is 5.26 Å². The first-order chi connectivity index (χ1) is 9.55. The highest BCUT2D eigenvalue weighted by Crippen LogP contribution is 2.02. The molecule has 0 aliphatic carbocycles. The monoisotopic (exact) mass is 271 g/mol. The molecule has 0 fully saturated rings. The van der Waals surface area contributed by atoms with E-state index in [2.05, 4.69) is 24.5 Å². The van der Waals surface area contributed by atoms with Crippen LogP contribution in [-0.4, -0.2) is 12.3 Å². The van der Waals surface area contributed by atoms with Gasteiger partial charge in [0.1, 0.15) is 6.29 Å². The number of benzene rings is 1. The lowest BCUT2D eigenvalue weighted by Gasteiger charge is -1.90. The lowest BCUT2D eigenvalue weighted by atomic mass is 10.1. The fraction of sp³-hybridized carbons (Fsp3) is 0.0625. The number of aldehydes is 1. The van der Waals surface area contributed by atoms with Gasteiger partial charge in [0.25, 0.3) is 0 Å². The molecule has 0 spiro atoms. The molecular formula is C16H17NO3. The second-order valence-corrected chi connectivity index (χ2v) is 3.10. The van der Waals surface area contributed by atoms with Crippen LogP contribution < -0.4 is 0 Å². The third-order valence-corrected chi connectivity index (χ3v) is 1.65. The summed E-state index contributed by atoms with van der Waals surface area (Å²) in [6.45, 7) is 11.2. The molecule has 20 heavy (non-hydrogen) atoms. The van der Waals surface area contributed by atoms with Gasteiger partial charge >= 0.3 is 5.97 Å². The van der Waals surface area contributed by atoms with Crippen LogP contribution >= 0.6 is 0 Å². The van der Waals surface area contributed by atoms with Crippen LogP contribution in [0.25, 0.3) is 6.08 Å². The van der Waals surface area contributed by atoms with Gasteiger partial charge in [0.15, 0.2) is 0 Å². The number of carbonyl (C=O) groups is 2. The molecule has 104 valence electrons. The minimum atomic E-state index is -0.329. The predicted molar refractivity (Wildman–Crippen MR) is 79.7 cm³/mol. The molecule has 0 amide bonds. The Balaban J connectivity index is 0. The van der Waals surface area contributed by atoms with Crippen molar-refractivity contribution in [3.8, 4) is 6.07 Å². The maximum absolute atomic E-state index is 10.2. The fourth-order valence-corrected chi connectivity index (χ4v) is 0.828. The molecule has 0 saturated carbocycles. The van der Waals surface area contributed by atoms with Crippen LogP contribution in [-0.2, 0) is 9.53 Å². The summed E-state index contributed by atoms with van der Waals surface area (Å²) >= 11 is 0. The quantitative estimate of drug-likeness (QED) is 0.365. The third kappa shape index (κ3) is 13.1. The van der Waals surface area contributed by atoms with Gasteiger partial charge in [0, 0.05) is 18.6 Å². The maximum atomic E-state index is 10.2. The largest absolute Gasteiger partial charge is 0.435 e. The molecule has 0 aliphatic rings. The highest BCUT2D eigenvalue weighted by Gasteiger charge is 1.86. The average Bonchev–Trinajstić information content (AvgIpc) is 2.48. The number of esters is 1. The van der Waals surface area contributed by atoms with Crippen molar-refractivity contribution in [2.75, 3.05) is 0 Å². The van der Waals surface area contributed by atoms with E-state index in [-0.39, 0.29) is 5.97 Å². The highest BCUT2D eigenvalue weighted by molar-refractivity contribution is 5.75. The van der Waals surface area contributed by atoms with Crippen LogP contribution in [0.4, 0.5) is 0 Å². The third-order valence-electron chi connectivity index (χ3n) is 1.65. The Labute approximate surface area is 119 Å². The normalized spacial score (nSPS) is 7.20. The van der Waals surface area contributed by atoms with Crippen molar-refractivity contribution in [2.24, 2.45) is 0 Å². The molecule has 0 aromatic heterocycles. The van der Waals surface area contributed by atoms with Crippen molar-refractivity contribution in [2.45, 2.75) is 6.92 Å². The summed E-state index contributed by atoms with van der Waals surface area (Å²) in [6.07, 6.45) is 4.85. The summed E-state index contributed by atoms with van der Waals surface area (Å²) in [6, 6.07) is 8.95. The number of hydrogen-bond donors (Lipinski definition) is 0. The lowest BCUT2D eigenvalue weighted by molar-refractivity contribution is -0.135. The van der Waals surface area contributed by atoms with Crippen LogP contribution in [0.5, 0.6) is 0 Å². The van der Waals surface area contributed by atoms with E-state index in [1.54, 1.807) is 24.3 Å². The number of carbonyl (C=O) groups excluding carboxylic acids is 2. The Kier molecular flexibility index (Phi) is 13.7. The van der Waals surface area contributed by atoms with Gasteiger partial charge in [0.2, 0.25) is 0 Å². The molecular weight excluding hydrogens is 254 g/mol. The van der Waals surface area contributed by atoms with Crippen LogP contribution in [0.2, 0.25) is 0 Å². The zero-order chi connectivity index (χ0) is 15.8. The first kappa shape index (κ1) is 19.4. The van der Waals surface area contributed by atoms with Gasteiger partial charge in [-0.15, -0.1) is 0 Å².